The number of piperidine rings is 1. The average molecular weight is 268 g/mol. The van der Waals surface area contributed by atoms with Gasteiger partial charge in [-0.1, -0.05) is 36.4 Å². The maximum Gasteiger partial charge on any atom is 0.0888 e. The van der Waals surface area contributed by atoms with Crippen LogP contribution < -0.4 is 0 Å². The molecule has 4 unspecified atom stereocenters. The molecule has 3 heteroatoms. The van der Waals surface area contributed by atoms with E-state index in [9.17, 15) is 10.4 Å². The molecule has 2 heterocycles. The van der Waals surface area contributed by atoms with Gasteiger partial charge in [-0.2, -0.15) is 5.26 Å². The molecule has 1 N–H and O–H groups in total. The van der Waals surface area contributed by atoms with Crippen molar-refractivity contribution in [3.05, 3.63) is 48.6 Å². The molecule has 0 radical (unpaired) electrons. The van der Waals surface area contributed by atoms with Gasteiger partial charge in [-0.15, -0.1) is 6.58 Å². The van der Waals surface area contributed by atoms with Crippen LogP contribution in [0.1, 0.15) is 24.8 Å². The Morgan fingerprint density at radius 1 is 1.40 bits per heavy atom. The highest BCUT2D eigenvalue weighted by molar-refractivity contribution is 5.34. The van der Waals surface area contributed by atoms with Crippen LogP contribution in [0.5, 0.6) is 0 Å². The van der Waals surface area contributed by atoms with Crippen molar-refractivity contribution in [1.82, 2.24) is 4.90 Å². The summed E-state index contributed by atoms with van der Waals surface area (Å²) in [5, 5.41) is 20.4. The van der Waals surface area contributed by atoms with Gasteiger partial charge in [0.1, 0.15) is 0 Å². The summed E-state index contributed by atoms with van der Waals surface area (Å²) in [5.41, 5.74) is 0.496. The van der Waals surface area contributed by atoms with Gasteiger partial charge in [0, 0.05) is 12.6 Å². The number of aliphatic hydroxyl groups excluding tert-OH is 1. The lowest BCUT2D eigenvalue weighted by Gasteiger charge is -2.49. The van der Waals surface area contributed by atoms with E-state index in [4.69, 9.17) is 0 Å². The number of hydrogen-bond donors (Lipinski definition) is 1. The number of rotatable bonds is 3. The van der Waals surface area contributed by atoms with E-state index in [0.29, 0.717) is 6.04 Å². The van der Waals surface area contributed by atoms with Gasteiger partial charge in [-0.25, -0.2) is 0 Å². The average Bonchev–Trinajstić information content (AvgIpc) is 2.72. The van der Waals surface area contributed by atoms with Crippen LogP contribution in [-0.4, -0.2) is 28.7 Å². The van der Waals surface area contributed by atoms with Gasteiger partial charge in [0.2, 0.25) is 0 Å². The molecule has 1 aromatic rings. The minimum absolute atomic E-state index is 0.160. The Labute approximate surface area is 120 Å². The predicted molar refractivity (Wildman–Crippen MR) is 77.8 cm³/mol. The molecular formula is C17H20N2O. The summed E-state index contributed by atoms with van der Waals surface area (Å²) in [6.07, 6.45) is 3.96. The molecule has 2 aliphatic rings. The molecule has 1 aromatic carbocycles. The van der Waals surface area contributed by atoms with Crippen LogP contribution in [0.2, 0.25) is 0 Å². The van der Waals surface area contributed by atoms with E-state index in [1.165, 1.54) is 0 Å². The summed E-state index contributed by atoms with van der Waals surface area (Å²) in [6.45, 7) is 4.56. The van der Waals surface area contributed by atoms with Crippen LogP contribution in [-0.2, 0) is 5.54 Å². The van der Waals surface area contributed by atoms with Crippen LogP contribution in [0.25, 0.3) is 0 Å². The summed E-state index contributed by atoms with van der Waals surface area (Å²) in [6, 6.07) is 12.9. The number of nitriles is 1. The third-order valence-corrected chi connectivity index (χ3v) is 4.95. The Morgan fingerprint density at radius 2 is 2.15 bits per heavy atom. The molecule has 3 nitrogen and oxygen atoms in total. The topological polar surface area (TPSA) is 47.3 Å². The summed E-state index contributed by atoms with van der Waals surface area (Å²) < 4.78 is 0. The lowest BCUT2D eigenvalue weighted by Crippen LogP contribution is -2.58. The van der Waals surface area contributed by atoms with E-state index in [1.54, 1.807) is 0 Å². The molecule has 4 atom stereocenters. The molecule has 0 aliphatic carbocycles. The van der Waals surface area contributed by atoms with Crippen molar-refractivity contribution in [3.63, 3.8) is 0 Å². The fraction of sp³-hybridized carbons (Fsp3) is 0.471. The largest absolute Gasteiger partial charge is 0.391 e. The van der Waals surface area contributed by atoms with E-state index in [2.05, 4.69) is 17.5 Å². The van der Waals surface area contributed by atoms with E-state index in [-0.39, 0.29) is 5.92 Å². The van der Waals surface area contributed by atoms with Crippen LogP contribution in [0.4, 0.5) is 0 Å². The summed E-state index contributed by atoms with van der Waals surface area (Å²) in [5.74, 6) is -0.160. The van der Waals surface area contributed by atoms with Crippen molar-refractivity contribution in [3.8, 4) is 6.07 Å². The molecule has 3 rings (SSSR count). The quantitative estimate of drug-likeness (QED) is 0.857. The number of aliphatic hydroxyl groups is 1. The Balaban J connectivity index is 2.17. The Bertz CT molecular complexity index is 536. The minimum Gasteiger partial charge on any atom is -0.391 e. The summed E-state index contributed by atoms with van der Waals surface area (Å²) in [4.78, 5) is 2.30. The highest BCUT2D eigenvalue weighted by Gasteiger charge is 2.60. The molecule has 104 valence electrons. The van der Waals surface area contributed by atoms with Crippen LogP contribution in [0.15, 0.2) is 43.0 Å². The second kappa shape index (κ2) is 5.05. The Kier molecular flexibility index (Phi) is 3.37. The third-order valence-electron chi connectivity index (χ3n) is 4.95. The zero-order valence-corrected chi connectivity index (χ0v) is 11.6. The molecule has 2 saturated heterocycles. The highest BCUT2D eigenvalue weighted by Crippen LogP contribution is 2.53. The zero-order valence-electron chi connectivity index (χ0n) is 11.6. The van der Waals surface area contributed by atoms with Gasteiger partial charge in [0.05, 0.1) is 23.6 Å². The molecule has 0 saturated carbocycles. The number of nitrogens with zero attached hydrogens (tertiary/aromatic N) is 2. The first kappa shape index (κ1) is 13.4. The number of fused-ring (bicyclic) bond motifs is 2. The third kappa shape index (κ3) is 1.65. The predicted octanol–water partition coefficient (Wildman–Crippen LogP) is 2.44. The first-order valence-electron chi connectivity index (χ1n) is 7.26. The molecule has 2 aliphatic heterocycles. The van der Waals surface area contributed by atoms with Crippen LogP contribution >= 0.6 is 0 Å². The minimum atomic E-state index is -0.562. The monoisotopic (exact) mass is 268 g/mol. The number of benzene rings is 1. The first-order valence-corrected chi connectivity index (χ1v) is 7.26. The van der Waals surface area contributed by atoms with Crippen molar-refractivity contribution in [2.75, 3.05) is 6.54 Å². The van der Waals surface area contributed by atoms with E-state index in [0.717, 1.165) is 31.4 Å². The molecule has 2 bridgehead atoms. The van der Waals surface area contributed by atoms with Gasteiger partial charge < -0.3 is 5.11 Å². The molecule has 0 spiro atoms. The second-order valence-corrected chi connectivity index (χ2v) is 5.80. The smallest absolute Gasteiger partial charge is 0.0888 e. The number of hydrogen-bond acceptors (Lipinski definition) is 3. The maximum atomic E-state index is 10.8. The lowest BCUT2D eigenvalue weighted by molar-refractivity contribution is -0.0661. The fourth-order valence-electron chi connectivity index (χ4n) is 4.20. The Hall–Kier alpha value is -1.63. The standard InChI is InChI=1S/C17H20N2O/c1-2-10-19-15-8-9-16(20)17(19,14(11-15)12-18)13-6-4-3-5-7-13/h2-7,14-16,20H,1,8-11H2. The molecule has 20 heavy (non-hydrogen) atoms. The maximum absolute atomic E-state index is 10.8. The summed E-state index contributed by atoms with van der Waals surface area (Å²) >= 11 is 0. The van der Waals surface area contributed by atoms with Crippen molar-refractivity contribution in [2.45, 2.75) is 36.9 Å². The van der Waals surface area contributed by atoms with E-state index >= 15 is 0 Å². The van der Waals surface area contributed by atoms with Gasteiger partial charge in [-0.05, 0) is 24.8 Å². The van der Waals surface area contributed by atoms with Crippen molar-refractivity contribution in [2.24, 2.45) is 5.92 Å². The van der Waals surface area contributed by atoms with Crippen LogP contribution in [0, 0.1) is 17.2 Å². The van der Waals surface area contributed by atoms with Crippen LogP contribution in [0.3, 0.4) is 0 Å². The molecule has 0 aromatic heterocycles. The van der Waals surface area contributed by atoms with Gasteiger partial charge >= 0.3 is 0 Å². The fourth-order valence-corrected chi connectivity index (χ4v) is 4.20. The van der Waals surface area contributed by atoms with Crippen molar-refractivity contribution < 1.29 is 5.11 Å². The lowest BCUT2D eigenvalue weighted by atomic mass is 9.74. The highest BCUT2D eigenvalue weighted by atomic mass is 16.3. The van der Waals surface area contributed by atoms with Gasteiger partial charge in [0.25, 0.3) is 0 Å². The van der Waals surface area contributed by atoms with Crippen molar-refractivity contribution in [1.29, 1.82) is 5.26 Å². The second-order valence-electron chi connectivity index (χ2n) is 5.80. The first-order chi connectivity index (χ1) is 9.75. The zero-order chi connectivity index (χ0) is 14.2. The Morgan fingerprint density at radius 3 is 2.80 bits per heavy atom. The molecular weight excluding hydrogens is 248 g/mol. The van der Waals surface area contributed by atoms with Gasteiger partial charge in [0.15, 0.2) is 0 Å². The van der Waals surface area contributed by atoms with E-state index < -0.39 is 11.6 Å². The summed E-state index contributed by atoms with van der Waals surface area (Å²) in [7, 11) is 0. The van der Waals surface area contributed by atoms with Gasteiger partial charge in [-0.3, -0.25) is 4.90 Å². The molecule has 0 amide bonds. The van der Waals surface area contributed by atoms with E-state index in [1.807, 2.05) is 36.4 Å². The molecule has 2 fully saturated rings. The van der Waals surface area contributed by atoms with Crippen molar-refractivity contribution >= 4 is 0 Å². The normalized spacial score (nSPS) is 36.5. The SMILES string of the molecule is C=CCN1C2CCC(O)C1(c1ccccc1)C(C#N)C2.